The van der Waals surface area contributed by atoms with Crippen LogP contribution in [-0.4, -0.2) is 21.6 Å². The van der Waals surface area contributed by atoms with E-state index < -0.39 is 0 Å². The van der Waals surface area contributed by atoms with Crippen molar-refractivity contribution in [1.82, 2.24) is 9.97 Å². The van der Waals surface area contributed by atoms with Crippen molar-refractivity contribution < 1.29 is 4.79 Å². The fraction of sp³-hybridized carbons (Fsp3) is 0.0500. The van der Waals surface area contributed by atoms with Crippen LogP contribution in [0.2, 0.25) is 0 Å². The van der Waals surface area contributed by atoms with Gasteiger partial charge in [-0.2, -0.15) is 0 Å². The maximum Gasteiger partial charge on any atom is 0.259 e. The monoisotopic (exact) mass is 361 g/mol. The van der Waals surface area contributed by atoms with Gasteiger partial charge in [0.25, 0.3) is 5.56 Å². The molecule has 1 amide bonds. The summed E-state index contributed by atoms with van der Waals surface area (Å²) in [6, 6.07) is 20.8. The number of amides is 1. The summed E-state index contributed by atoms with van der Waals surface area (Å²) < 4.78 is 0. The Morgan fingerprint density at radius 3 is 2.58 bits per heavy atom. The summed E-state index contributed by atoms with van der Waals surface area (Å²) in [5, 5.41) is 5.96. The molecule has 0 aliphatic carbocycles. The van der Waals surface area contributed by atoms with Crippen molar-refractivity contribution in [2.45, 2.75) is 5.16 Å². The van der Waals surface area contributed by atoms with Crippen LogP contribution in [0, 0.1) is 0 Å². The molecule has 0 aliphatic heterocycles. The zero-order chi connectivity index (χ0) is 17.9. The molecule has 0 spiro atoms. The van der Waals surface area contributed by atoms with E-state index in [1.807, 2.05) is 48.5 Å². The van der Waals surface area contributed by atoms with Gasteiger partial charge in [0.1, 0.15) is 0 Å². The van der Waals surface area contributed by atoms with Crippen molar-refractivity contribution >= 4 is 45.0 Å². The lowest BCUT2D eigenvalue weighted by molar-refractivity contribution is -0.113. The van der Waals surface area contributed by atoms with Gasteiger partial charge in [0.2, 0.25) is 5.91 Å². The van der Waals surface area contributed by atoms with Gasteiger partial charge >= 0.3 is 0 Å². The van der Waals surface area contributed by atoms with Gasteiger partial charge in [-0.25, -0.2) is 4.98 Å². The number of anilines is 1. The lowest BCUT2D eigenvalue weighted by atomic mass is 10.1. The summed E-state index contributed by atoms with van der Waals surface area (Å²) in [7, 11) is 0. The number of benzene rings is 3. The molecule has 0 saturated carbocycles. The van der Waals surface area contributed by atoms with Crippen LogP contribution in [0.1, 0.15) is 0 Å². The molecular formula is C20H15N3O2S. The Balaban J connectivity index is 1.50. The van der Waals surface area contributed by atoms with Gasteiger partial charge in [0.05, 0.1) is 16.7 Å². The molecule has 6 heteroatoms. The number of aromatic amines is 1. The summed E-state index contributed by atoms with van der Waals surface area (Å²) >= 11 is 1.20. The molecule has 0 saturated heterocycles. The third-order valence-corrected chi connectivity index (χ3v) is 4.87. The minimum atomic E-state index is -0.201. The second-order valence-electron chi connectivity index (χ2n) is 5.75. The highest BCUT2D eigenvalue weighted by Crippen LogP contribution is 2.23. The molecule has 0 atom stereocenters. The Kier molecular flexibility index (Phi) is 4.41. The van der Waals surface area contributed by atoms with Crippen LogP contribution in [0.5, 0.6) is 0 Å². The largest absolute Gasteiger partial charge is 0.325 e. The molecule has 1 aromatic heterocycles. The molecule has 4 aromatic rings. The third kappa shape index (κ3) is 3.32. The normalized spacial score (nSPS) is 10.9. The first kappa shape index (κ1) is 16.4. The van der Waals surface area contributed by atoms with Crippen LogP contribution in [0.4, 0.5) is 5.69 Å². The lowest BCUT2D eigenvalue weighted by Crippen LogP contribution is -2.15. The van der Waals surface area contributed by atoms with E-state index >= 15 is 0 Å². The van der Waals surface area contributed by atoms with Crippen molar-refractivity contribution in [3.05, 3.63) is 77.1 Å². The van der Waals surface area contributed by atoms with Crippen LogP contribution < -0.4 is 10.9 Å². The number of carbonyl (C=O) groups excluding carboxylic acids is 1. The summed E-state index contributed by atoms with van der Waals surface area (Å²) in [6.45, 7) is 0. The summed E-state index contributed by atoms with van der Waals surface area (Å²) in [5.74, 6) is 0.00647. The van der Waals surface area contributed by atoms with Gasteiger partial charge in [-0.1, -0.05) is 60.3 Å². The van der Waals surface area contributed by atoms with Crippen molar-refractivity contribution in [3.8, 4) is 0 Å². The number of fused-ring (bicyclic) bond motifs is 2. The first-order chi connectivity index (χ1) is 12.7. The van der Waals surface area contributed by atoms with E-state index in [9.17, 15) is 9.59 Å². The minimum absolute atomic E-state index is 0.151. The van der Waals surface area contributed by atoms with E-state index in [1.54, 1.807) is 18.2 Å². The zero-order valence-electron chi connectivity index (χ0n) is 13.7. The van der Waals surface area contributed by atoms with Crippen LogP contribution in [-0.2, 0) is 4.79 Å². The maximum atomic E-state index is 12.3. The highest BCUT2D eigenvalue weighted by molar-refractivity contribution is 7.99. The quantitative estimate of drug-likeness (QED) is 0.428. The first-order valence-electron chi connectivity index (χ1n) is 8.10. The fourth-order valence-corrected chi connectivity index (χ4v) is 3.46. The fourth-order valence-electron chi connectivity index (χ4n) is 2.79. The first-order valence-corrected chi connectivity index (χ1v) is 9.09. The smallest absolute Gasteiger partial charge is 0.259 e. The van der Waals surface area contributed by atoms with Gasteiger partial charge in [-0.05, 0) is 23.6 Å². The number of H-pyrrole nitrogens is 1. The number of nitrogens with one attached hydrogen (secondary N) is 2. The number of rotatable bonds is 4. The number of thioether (sulfide) groups is 1. The molecule has 0 radical (unpaired) electrons. The second-order valence-corrected chi connectivity index (χ2v) is 6.72. The maximum absolute atomic E-state index is 12.3. The Labute approximate surface area is 153 Å². The van der Waals surface area contributed by atoms with E-state index in [-0.39, 0.29) is 17.2 Å². The van der Waals surface area contributed by atoms with Gasteiger partial charge < -0.3 is 10.3 Å². The Hall–Kier alpha value is -3.12. The van der Waals surface area contributed by atoms with Crippen molar-refractivity contribution in [2.75, 3.05) is 11.1 Å². The number of aromatic nitrogens is 2. The SMILES string of the molecule is O=C(CSc1nc2ccccc2c(=O)[nH]1)Nc1cccc2ccccc12. The topological polar surface area (TPSA) is 74.8 Å². The van der Waals surface area contributed by atoms with Crippen LogP contribution in [0.3, 0.4) is 0 Å². The predicted molar refractivity (Wildman–Crippen MR) is 106 cm³/mol. The molecule has 0 bridgehead atoms. The van der Waals surface area contributed by atoms with Crippen molar-refractivity contribution in [3.63, 3.8) is 0 Å². The molecule has 1 heterocycles. The van der Waals surface area contributed by atoms with Gasteiger partial charge in [-0.3, -0.25) is 9.59 Å². The summed E-state index contributed by atoms with van der Waals surface area (Å²) in [6.07, 6.45) is 0. The van der Waals surface area contributed by atoms with Gasteiger partial charge in [0.15, 0.2) is 5.16 Å². The third-order valence-electron chi connectivity index (χ3n) is 3.99. The molecular weight excluding hydrogens is 346 g/mol. The average Bonchev–Trinajstić information content (AvgIpc) is 2.67. The highest BCUT2D eigenvalue weighted by Gasteiger charge is 2.09. The number of hydrogen-bond donors (Lipinski definition) is 2. The highest BCUT2D eigenvalue weighted by atomic mass is 32.2. The molecule has 0 fully saturated rings. The molecule has 26 heavy (non-hydrogen) atoms. The van der Waals surface area contributed by atoms with Crippen LogP contribution in [0.15, 0.2) is 76.7 Å². The summed E-state index contributed by atoms with van der Waals surface area (Å²) in [4.78, 5) is 31.5. The van der Waals surface area contributed by atoms with E-state index in [2.05, 4.69) is 15.3 Å². The number of nitrogens with zero attached hydrogens (tertiary/aromatic N) is 1. The molecule has 0 unspecified atom stereocenters. The van der Waals surface area contributed by atoms with E-state index in [1.165, 1.54) is 11.8 Å². The number of carbonyl (C=O) groups is 1. The van der Waals surface area contributed by atoms with Crippen LogP contribution >= 0.6 is 11.8 Å². The predicted octanol–water partition coefficient (Wildman–Crippen LogP) is 3.81. The standard InChI is InChI=1S/C20H15N3O2S/c24-18(21-16-11-5-7-13-6-1-2-8-14(13)16)12-26-20-22-17-10-4-3-9-15(17)19(25)23-20/h1-11H,12H2,(H,21,24)(H,22,23,25). The van der Waals surface area contributed by atoms with E-state index in [4.69, 9.17) is 0 Å². The Morgan fingerprint density at radius 1 is 0.962 bits per heavy atom. The Morgan fingerprint density at radius 2 is 1.69 bits per heavy atom. The van der Waals surface area contributed by atoms with Crippen molar-refractivity contribution in [1.29, 1.82) is 0 Å². The average molecular weight is 361 g/mol. The van der Waals surface area contributed by atoms with Crippen LogP contribution in [0.25, 0.3) is 21.7 Å². The molecule has 0 aliphatic rings. The molecule has 5 nitrogen and oxygen atoms in total. The molecule has 3 aromatic carbocycles. The number of hydrogen-bond acceptors (Lipinski definition) is 4. The molecule has 128 valence electrons. The zero-order valence-corrected chi connectivity index (χ0v) is 14.5. The van der Waals surface area contributed by atoms with Gasteiger partial charge in [0, 0.05) is 11.1 Å². The van der Waals surface area contributed by atoms with Gasteiger partial charge in [-0.15, -0.1) is 0 Å². The van der Waals surface area contributed by atoms with E-state index in [0.717, 1.165) is 16.5 Å². The Bertz CT molecular complexity index is 1160. The minimum Gasteiger partial charge on any atom is -0.325 e. The number of para-hydroxylation sites is 1. The van der Waals surface area contributed by atoms with E-state index in [0.29, 0.717) is 16.1 Å². The molecule has 2 N–H and O–H groups in total. The molecule has 4 rings (SSSR count). The lowest BCUT2D eigenvalue weighted by Gasteiger charge is -2.08. The summed E-state index contributed by atoms with van der Waals surface area (Å²) in [5.41, 5.74) is 1.19. The van der Waals surface area contributed by atoms with Crippen molar-refractivity contribution in [2.24, 2.45) is 0 Å². The second kappa shape index (κ2) is 7.01.